The van der Waals surface area contributed by atoms with Gasteiger partial charge in [-0.3, -0.25) is 0 Å². The van der Waals surface area contributed by atoms with Gasteiger partial charge in [0.25, 0.3) is 0 Å². The second-order valence-electron chi connectivity index (χ2n) is 7.58. The molecule has 4 heteroatoms. The lowest BCUT2D eigenvalue weighted by molar-refractivity contribution is 0.795. The molecular formula is C26H28S4. The van der Waals surface area contributed by atoms with Crippen LogP contribution in [0.2, 0.25) is 0 Å². The van der Waals surface area contributed by atoms with Crippen LogP contribution in [-0.4, -0.2) is 0 Å². The first-order chi connectivity index (χ1) is 14.8. The minimum atomic E-state index is 1.19. The van der Waals surface area contributed by atoms with Crippen LogP contribution in [0.5, 0.6) is 0 Å². The van der Waals surface area contributed by atoms with E-state index in [0.29, 0.717) is 0 Å². The SMILES string of the molecule is CCCCc1ccc(C2=CS/C(=C3/SC=C(c4ccc(CCCC)cc4)S3)S2)cc1. The molecule has 0 aromatic heterocycles. The summed E-state index contributed by atoms with van der Waals surface area (Å²) in [5, 5.41) is 4.63. The van der Waals surface area contributed by atoms with Crippen molar-refractivity contribution in [2.24, 2.45) is 0 Å². The molecule has 0 radical (unpaired) electrons. The number of unbranched alkanes of at least 4 members (excludes halogenated alkanes) is 2. The van der Waals surface area contributed by atoms with Crippen LogP contribution in [0.15, 0.2) is 67.8 Å². The summed E-state index contributed by atoms with van der Waals surface area (Å²) in [6.45, 7) is 4.51. The summed E-state index contributed by atoms with van der Waals surface area (Å²) in [7, 11) is 0. The standard InChI is InChI=1S/C26H28S4/c1-3-5-7-19-9-13-21(14-10-19)23-17-27-25(29-23)26-28-18-24(30-26)22-15-11-20(12-16-22)8-6-4-2/h9-18H,3-8H2,1-2H3/b26-25+. The molecule has 0 amide bonds. The highest BCUT2D eigenvalue weighted by Crippen LogP contribution is 2.58. The Kier molecular flexibility index (Phi) is 8.22. The van der Waals surface area contributed by atoms with E-state index in [0.717, 1.165) is 0 Å². The third-order valence-corrected chi connectivity index (χ3v) is 10.6. The van der Waals surface area contributed by atoms with Gasteiger partial charge < -0.3 is 0 Å². The topological polar surface area (TPSA) is 0 Å². The van der Waals surface area contributed by atoms with Crippen molar-refractivity contribution in [1.82, 2.24) is 0 Å². The van der Waals surface area contributed by atoms with Crippen LogP contribution in [0.25, 0.3) is 9.81 Å². The Balaban J connectivity index is 1.36. The van der Waals surface area contributed by atoms with Crippen molar-refractivity contribution in [2.45, 2.75) is 52.4 Å². The molecule has 0 nitrogen and oxygen atoms in total. The number of rotatable bonds is 8. The quantitative estimate of drug-likeness (QED) is 0.378. The number of benzene rings is 2. The van der Waals surface area contributed by atoms with Gasteiger partial charge in [0.15, 0.2) is 0 Å². The molecule has 156 valence electrons. The summed E-state index contributed by atoms with van der Waals surface area (Å²) in [6.07, 6.45) is 7.43. The van der Waals surface area contributed by atoms with Crippen molar-refractivity contribution in [1.29, 1.82) is 0 Å². The van der Waals surface area contributed by atoms with E-state index in [1.54, 1.807) is 0 Å². The fourth-order valence-electron chi connectivity index (χ4n) is 3.38. The molecule has 0 fully saturated rings. The highest BCUT2D eigenvalue weighted by molar-refractivity contribution is 8.36. The fraction of sp³-hybridized carbons (Fsp3) is 0.308. The summed E-state index contributed by atoms with van der Waals surface area (Å²) in [6, 6.07) is 18.3. The molecule has 30 heavy (non-hydrogen) atoms. The largest absolute Gasteiger partial charge is 0.0878 e. The van der Waals surface area contributed by atoms with Crippen LogP contribution in [-0.2, 0) is 12.8 Å². The van der Waals surface area contributed by atoms with Crippen LogP contribution < -0.4 is 0 Å². The van der Waals surface area contributed by atoms with Gasteiger partial charge in [0.05, 0.1) is 8.47 Å². The minimum Gasteiger partial charge on any atom is -0.0878 e. The van der Waals surface area contributed by atoms with E-state index in [-0.39, 0.29) is 0 Å². The average Bonchev–Trinajstić information content (AvgIpc) is 3.47. The van der Waals surface area contributed by atoms with E-state index in [4.69, 9.17) is 0 Å². The van der Waals surface area contributed by atoms with E-state index in [2.05, 4.69) is 73.2 Å². The van der Waals surface area contributed by atoms with Gasteiger partial charge in [0.2, 0.25) is 0 Å². The summed E-state index contributed by atoms with van der Waals surface area (Å²) in [4.78, 5) is 2.75. The third-order valence-electron chi connectivity index (χ3n) is 5.23. The van der Waals surface area contributed by atoms with Crippen molar-refractivity contribution >= 4 is 56.9 Å². The summed E-state index contributed by atoms with van der Waals surface area (Å²) in [5.74, 6) is 0. The summed E-state index contributed by atoms with van der Waals surface area (Å²) < 4.78 is 2.83. The number of hydrogen-bond acceptors (Lipinski definition) is 4. The molecule has 2 aromatic rings. The predicted octanol–water partition coefficient (Wildman–Crippen LogP) is 9.76. The van der Waals surface area contributed by atoms with Gasteiger partial charge in [-0.05, 0) is 58.8 Å². The van der Waals surface area contributed by atoms with Gasteiger partial charge in [0, 0.05) is 9.81 Å². The molecule has 2 aliphatic rings. The molecule has 2 heterocycles. The van der Waals surface area contributed by atoms with E-state index in [9.17, 15) is 0 Å². The molecule has 0 saturated carbocycles. The second kappa shape index (κ2) is 11.1. The van der Waals surface area contributed by atoms with Gasteiger partial charge in [0.1, 0.15) is 0 Å². The van der Waals surface area contributed by atoms with Crippen LogP contribution in [0.3, 0.4) is 0 Å². The fourth-order valence-corrected chi connectivity index (χ4v) is 8.31. The number of thioether (sulfide) groups is 4. The van der Waals surface area contributed by atoms with Crippen LogP contribution in [0.4, 0.5) is 0 Å². The van der Waals surface area contributed by atoms with Crippen LogP contribution in [0, 0.1) is 0 Å². The zero-order valence-electron chi connectivity index (χ0n) is 17.6. The number of hydrogen-bond donors (Lipinski definition) is 0. The minimum absolute atomic E-state index is 1.19. The Bertz CT molecular complexity index is 870. The smallest absolute Gasteiger partial charge is 0.0700 e. The maximum absolute atomic E-state index is 2.32. The zero-order valence-corrected chi connectivity index (χ0v) is 20.9. The first-order valence-corrected chi connectivity index (χ1v) is 14.2. The molecule has 0 saturated heterocycles. The number of aryl methyl sites for hydroxylation is 2. The molecule has 0 N–H and O–H groups in total. The van der Waals surface area contributed by atoms with Gasteiger partial charge in [-0.25, -0.2) is 0 Å². The molecular weight excluding hydrogens is 441 g/mol. The Morgan fingerprint density at radius 3 is 1.33 bits per heavy atom. The lowest BCUT2D eigenvalue weighted by atomic mass is 10.1. The Morgan fingerprint density at radius 2 is 0.967 bits per heavy atom. The van der Waals surface area contributed by atoms with Crippen LogP contribution in [0.1, 0.15) is 61.8 Å². The van der Waals surface area contributed by atoms with Crippen molar-refractivity contribution in [3.05, 3.63) is 90.1 Å². The summed E-state index contributed by atoms with van der Waals surface area (Å²) in [5.41, 5.74) is 5.58. The Labute approximate surface area is 198 Å². The van der Waals surface area contributed by atoms with Gasteiger partial charge in [-0.15, -0.1) is 0 Å². The molecule has 4 rings (SSSR count). The van der Waals surface area contributed by atoms with Crippen molar-refractivity contribution in [3.63, 3.8) is 0 Å². The lowest BCUT2D eigenvalue weighted by Gasteiger charge is -2.06. The van der Waals surface area contributed by atoms with Gasteiger partial charge in [-0.1, -0.05) is 122 Å². The first kappa shape index (κ1) is 22.3. The second-order valence-corrected chi connectivity index (χ2v) is 12.0. The molecule has 2 aromatic carbocycles. The molecule has 0 bridgehead atoms. The maximum atomic E-state index is 2.32. The van der Waals surface area contributed by atoms with E-state index in [1.165, 1.54) is 79.1 Å². The first-order valence-electron chi connectivity index (χ1n) is 10.8. The van der Waals surface area contributed by atoms with Gasteiger partial charge >= 0.3 is 0 Å². The van der Waals surface area contributed by atoms with Crippen molar-refractivity contribution in [2.75, 3.05) is 0 Å². The predicted molar refractivity (Wildman–Crippen MR) is 143 cm³/mol. The maximum Gasteiger partial charge on any atom is 0.0700 e. The van der Waals surface area contributed by atoms with Crippen molar-refractivity contribution in [3.8, 4) is 0 Å². The monoisotopic (exact) mass is 468 g/mol. The van der Waals surface area contributed by atoms with E-state index < -0.39 is 0 Å². The van der Waals surface area contributed by atoms with E-state index in [1.807, 2.05) is 47.0 Å². The molecule has 0 atom stereocenters. The Hall–Kier alpha value is -0.940. The van der Waals surface area contributed by atoms with Gasteiger partial charge in [-0.2, -0.15) is 0 Å². The Morgan fingerprint density at radius 1 is 0.567 bits per heavy atom. The lowest BCUT2D eigenvalue weighted by Crippen LogP contribution is -1.85. The normalized spacial score (nSPS) is 18.6. The summed E-state index contributed by atoms with van der Waals surface area (Å²) >= 11 is 7.59. The molecule has 2 aliphatic heterocycles. The molecule has 0 spiro atoms. The molecule has 0 aliphatic carbocycles. The third kappa shape index (κ3) is 5.64. The molecule has 0 unspecified atom stereocenters. The highest BCUT2D eigenvalue weighted by Gasteiger charge is 2.23. The zero-order chi connectivity index (χ0) is 20.8. The van der Waals surface area contributed by atoms with Crippen LogP contribution >= 0.6 is 47.0 Å². The highest BCUT2D eigenvalue weighted by atomic mass is 32.2. The van der Waals surface area contributed by atoms with E-state index >= 15 is 0 Å². The average molecular weight is 469 g/mol. The van der Waals surface area contributed by atoms with Crippen molar-refractivity contribution < 1.29 is 0 Å².